The molecule has 0 aliphatic heterocycles. The Hall–Kier alpha value is -1.39. The van der Waals surface area contributed by atoms with Crippen molar-refractivity contribution in [1.82, 2.24) is 5.32 Å². The van der Waals surface area contributed by atoms with Crippen molar-refractivity contribution in [2.45, 2.75) is 19.9 Å². The molecule has 0 saturated heterocycles. The predicted molar refractivity (Wildman–Crippen MR) is 70.6 cm³/mol. The SMILES string of the molecule is CCOCCCNCc1ccc(C(=O)OC)cc1. The smallest absolute Gasteiger partial charge is 0.337 e. The zero-order valence-electron chi connectivity index (χ0n) is 11.1. The van der Waals surface area contributed by atoms with E-state index in [4.69, 9.17) is 4.74 Å². The molecule has 1 N–H and O–H groups in total. The van der Waals surface area contributed by atoms with Gasteiger partial charge < -0.3 is 14.8 Å². The van der Waals surface area contributed by atoms with Crippen molar-refractivity contribution in [3.05, 3.63) is 35.4 Å². The van der Waals surface area contributed by atoms with Crippen LogP contribution in [0, 0.1) is 0 Å². The second-order valence-electron chi connectivity index (χ2n) is 3.92. The lowest BCUT2D eigenvalue weighted by atomic mass is 10.1. The van der Waals surface area contributed by atoms with Gasteiger partial charge in [0.25, 0.3) is 0 Å². The molecule has 0 atom stereocenters. The first kappa shape index (κ1) is 14.7. The first-order valence-electron chi connectivity index (χ1n) is 6.23. The fourth-order valence-corrected chi connectivity index (χ4v) is 1.55. The monoisotopic (exact) mass is 251 g/mol. The molecule has 0 spiro atoms. The molecule has 0 saturated carbocycles. The molecule has 1 aromatic rings. The van der Waals surface area contributed by atoms with Crippen LogP contribution in [0.4, 0.5) is 0 Å². The zero-order valence-corrected chi connectivity index (χ0v) is 11.1. The zero-order chi connectivity index (χ0) is 13.2. The van der Waals surface area contributed by atoms with Gasteiger partial charge >= 0.3 is 5.97 Å². The summed E-state index contributed by atoms with van der Waals surface area (Å²) >= 11 is 0. The summed E-state index contributed by atoms with van der Waals surface area (Å²) < 4.78 is 9.89. The topological polar surface area (TPSA) is 47.6 Å². The number of esters is 1. The molecule has 4 heteroatoms. The Morgan fingerprint density at radius 1 is 1.28 bits per heavy atom. The number of nitrogens with one attached hydrogen (secondary N) is 1. The van der Waals surface area contributed by atoms with Gasteiger partial charge in [-0.2, -0.15) is 0 Å². The Kier molecular flexibility index (Phi) is 7.06. The van der Waals surface area contributed by atoms with Gasteiger partial charge in [-0.1, -0.05) is 12.1 Å². The van der Waals surface area contributed by atoms with Gasteiger partial charge in [0.2, 0.25) is 0 Å². The van der Waals surface area contributed by atoms with E-state index in [1.165, 1.54) is 7.11 Å². The molecule has 0 aromatic heterocycles. The van der Waals surface area contributed by atoms with E-state index in [0.717, 1.165) is 38.3 Å². The number of ether oxygens (including phenoxy) is 2. The minimum absolute atomic E-state index is 0.300. The van der Waals surface area contributed by atoms with Gasteiger partial charge in [0.15, 0.2) is 0 Å². The van der Waals surface area contributed by atoms with E-state index < -0.39 is 0 Å². The summed E-state index contributed by atoms with van der Waals surface area (Å²) in [6.45, 7) is 5.29. The summed E-state index contributed by atoms with van der Waals surface area (Å²) in [5.41, 5.74) is 1.73. The van der Waals surface area contributed by atoms with E-state index >= 15 is 0 Å². The fourth-order valence-electron chi connectivity index (χ4n) is 1.55. The summed E-state index contributed by atoms with van der Waals surface area (Å²) in [4.78, 5) is 11.2. The van der Waals surface area contributed by atoms with Crippen LogP contribution in [0.25, 0.3) is 0 Å². The Bertz CT molecular complexity index is 349. The second-order valence-corrected chi connectivity index (χ2v) is 3.92. The lowest BCUT2D eigenvalue weighted by molar-refractivity contribution is 0.0600. The third-order valence-electron chi connectivity index (χ3n) is 2.55. The number of hydrogen-bond donors (Lipinski definition) is 1. The molecular formula is C14H21NO3. The van der Waals surface area contributed by atoms with Gasteiger partial charge in [0, 0.05) is 19.8 Å². The summed E-state index contributed by atoms with van der Waals surface area (Å²) in [7, 11) is 1.39. The molecule has 1 rings (SSSR count). The van der Waals surface area contributed by atoms with Crippen LogP contribution in [0.1, 0.15) is 29.3 Å². The summed E-state index contributed by atoms with van der Waals surface area (Å²) in [5.74, 6) is -0.300. The van der Waals surface area contributed by atoms with E-state index in [2.05, 4.69) is 10.1 Å². The maximum atomic E-state index is 11.2. The van der Waals surface area contributed by atoms with Gasteiger partial charge in [0.1, 0.15) is 0 Å². The van der Waals surface area contributed by atoms with E-state index in [9.17, 15) is 4.79 Å². The highest BCUT2D eigenvalue weighted by Gasteiger charge is 2.03. The quantitative estimate of drug-likeness (QED) is 0.567. The van der Waals surface area contributed by atoms with Crippen LogP contribution in [0.15, 0.2) is 24.3 Å². The molecule has 0 aliphatic carbocycles. The van der Waals surface area contributed by atoms with Crippen LogP contribution in [-0.2, 0) is 16.0 Å². The van der Waals surface area contributed by atoms with Crippen molar-refractivity contribution in [1.29, 1.82) is 0 Å². The maximum absolute atomic E-state index is 11.2. The normalized spacial score (nSPS) is 10.3. The first-order valence-corrected chi connectivity index (χ1v) is 6.23. The van der Waals surface area contributed by atoms with Crippen LogP contribution in [0.5, 0.6) is 0 Å². The van der Waals surface area contributed by atoms with Crippen molar-refractivity contribution in [3.63, 3.8) is 0 Å². The molecule has 0 aliphatic rings. The van der Waals surface area contributed by atoms with Crippen molar-refractivity contribution in [2.24, 2.45) is 0 Å². The van der Waals surface area contributed by atoms with E-state index in [1.807, 2.05) is 19.1 Å². The molecule has 18 heavy (non-hydrogen) atoms. The summed E-state index contributed by atoms with van der Waals surface area (Å²) in [5, 5.41) is 3.33. The van der Waals surface area contributed by atoms with Crippen LogP contribution in [0.3, 0.4) is 0 Å². The van der Waals surface area contributed by atoms with E-state index in [1.54, 1.807) is 12.1 Å². The molecule has 0 bridgehead atoms. The van der Waals surface area contributed by atoms with Gasteiger partial charge in [-0.3, -0.25) is 0 Å². The number of rotatable bonds is 8. The van der Waals surface area contributed by atoms with Crippen LogP contribution in [-0.4, -0.2) is 32.8 Å². The molecule has 100 valence electrons. The summed E-state index contributed by atoms with van der Waals surface area (Å²) in [6.07, 6.45) is 1.01. The molecule has 0 fully saturated rings. The molecule has 0 heterocycles. The number of hydrogen-bond acceptors (Lipinski definition) is 4. The highest BCUT2D eigenvalue weighted by Crippen LogP contribution is 2.05. The standard InChI is InChI=1S/C14H21NO3/c1-3-18-10-4-9-15-11-12-5-7-13(8-6-12)14(16)17-2/h5-8,15H,3-4,9-11H2,1-2H3. The van der Waals surface area contributed by atoms with Crippen molar-refractivity contribution in [3.8, 4) is 0 Å². The third kappa shape index (κ3) is 5.29. The molecule has 0 radical (unpaired) electrons. The molecule has 4 nitrogen and oxygen atoms in total. The minimum Gasteiger partial charge on any atom is -0.465 e. The average Bonchev–Trinajstić information content (AvgIpc) is 2.42. The Morgan fingerprint density at radius 2 is 2.00 bits per heavy atom. The highest BCUT2D eigenvalue weighted by atomic mass is 16.5. The Labute approximate surface area is 108 Å². The van der Waals surface area contributed by atoms with Gasteiger partial charge in [-0.05, 0) is 37.6 Å². The number of benzene rings is 1. The van der Waals surface area contributed by atoms with E-state index in [-0.39, 0.29) is 5.97 Å². The summed E-state index contributed by atoms with van der Waals surface area (Å²) in [6, 6.07) is 7.43. The van der Waals surface area contributed by atoms with Crippen LogP contribution in [0.2, 0.25) is 0 Å². The Balaban J connectivity index is 2.25. The largest absolute Gasteiger partial charge is 0.465 e. The molecule has 0 amide bonds. The number of methoxy groups -OCH3 is 1. The van der Waals surface area contributed by atoms with Crippen molar-refractivity contribution >= 4 is 5.97 Å². The third-order valence-corrected chi connectivity index (χ3v) is 2.55. The first-order chi connectivity index (χ1) is 8.77. The Morgan fingerprint density at radius 3 is 2.61 bits per heavy atom. The lowest BCUT2D eigenvalue weighted by Crippen LogP contribution is -2.16. The van der Waals surface area contributed by atoms with Crippen molar-refractivity contribution < 1.29 is 14.3 Å². The van der Waals surface area contributed by atoms with Crippen LogP contribution < -0.4 is 5.32 Å². The fraction of sp³-hybridized carbons (Fsp3) is 0.500. The van der Waals surface area contributed by atoms with Gasteiger partial charge in [-0.25, -0.2) is 4.79 Å². The molecule has 1 aromatic carbocycles. The maximum Gasteiger partial charge on any atom is 0.337 e. The number of carbonyl (C=O) groups is 1. The highest BCUT2D eigenvalue weighted by molar-refractivity contribution is 5.89. The minimum atomic E-state index is -0.300. The second kappa shape index (κ2) is 8.66. The number of carbonyl (C=O) groups excluding carboxylic acids is 1. The molecular weight excluding hydrogens is 230 g/mol. The van der Waals surface area contributed by atoms with Crippen molar-refractivity contribution in [2.75, 3.05) is 26.9 Å². The van der Waals surface area contributed by atoms with Gasteiger partial charge in [0.05, 0.1) is 12.7 Å². The predicted octanol–water partition coefficient (Wildman–Crippen LogP) is 1.99. The van der Waals surface area contributed by atoms with Gasteiger partial charge in [-0.15, -0.1) is 0 Å². The van der Waals surface area contributed by atoms with Crippen LogP contribution >= 0.6 is 0 Å². The average molecular weight is 251 g/mol. The van der Waals surface area contributed by atoms with E-state index in [0.29, 0.717) is 5.56 Å². The molecule has 0 unspecified atom stereocenters. The lowest BCUT2D eigenvalue weighted by Gasteiger charge is -2.06.